The Morgan fingerprint density at radius 1 is 0.253 bits per heavy atom. The fourth-order valence-corrected chi connectivity index (χ4v) is 10.6. The number of hydrogen-bond acceptors (Lipinski definition) is 6. The minimum atomic E-state index is -0.766. The van der Waals surface area contributed by atoms with Gasteiger partial charge in [0.1, 0.15) is 13.2 Å². The smallest absolute Gasteiger partial charge is 0.306 e. The summed E-state index contributed by atoms with van der Waals surface area (Å²) in [7, 11) is 0. The fourth-order valence-electron chi connectivity index (χ4n) is 10.6. The molecule has 0 saturated heterocycles. The molecule has 0 heterocycles. The molecule has 6 nitrogen and oxygen atoms in total. The topological polar surface area (TPSA) is 78.9 Å². The van der Waals surface area contributed by atoms with E-state index >= 15 is 0 Å². The molecule has 0 spiro atoms. The Morgan fingerprint density at radius 2 is 0.440 bits per heavy atom. The van der Waals surface area contributed by atoms with Gasteiger partial charge in [-0.15, -0.1) is 0 Å². The minimum absolute atomic E-state index is 0.0662. The van der Waals surface area contributed by atoms with E-state index in [1.54, 1.807) is 0 Å². The molecule has 0 aliphatic rings. The predicted octanol–water partition coefficient (Wildman–Crippen LogP) is 23.2. The monoisotopic (exact) mass is 1060 g/mol. The molecule has 0 aromatic carbocycles. The van der Waals surface area contributed by atoms with Crippen molar-refractivity contribution in [3.8, 4) is 0 Å². The number of carbonyl (C=O) groups excluding carboxylic acids is 3. The zero-order chi connectivity index (χ0) is 54.3. The van der Waals surface area contributed by atoms with Crippen LogP contribution in [-0.4, -0.2) is 37.2 Å². The Labute approximate surface area is 469 Å². The Hall–Kier alpha value is -1.85. The first-order valence-corrected chi connectivity index (χ1v) is 34.2. The molecule has 0 rings (SSSR count). The maximum absolute atomic E-state index is 12.8. The van der Waals surface area contributed by atoms with Gasteiger partial charge >= 0.3 is 17.9 Å². The van der Waals surface area contributed by atoms with Gasteiger partial charge in [0.2, 0.25) is 0 Å². The molecule has 0 N–H and O–H groups in total. The first-order valence-electron chi connectivity index (χ1n) is 34.2. The SMILES string of the molecule is CCCCCCCCC/C=C\CCCCCCCCCC(=O)OC(COC(=O)CCCCCCCCC)COC(=O)CCCCCCCCCCCCCCCCCCCCCCCCCCCCCCCCCC. The van der Waals surface area contributed by atoms with Gasteiger partial charge in [0.25, 0.3) is 0 Å². The average Bonchev–Trinajstić information content (AvgIpc) is 3.41. The number of unbranched alkanes of at least 4 members (excludes halogenated alkanes) is 51. The van der Waals surface area contributed by atoms with Crippen LogP contribution in [0.3, 0.4) is 0 Å². The molecule has 0 amide bonds. The van der Waals surface area contributed by atoms with E-state index in [0.29, 0.717) is 19.3 Å². The van der Waals surface area contributed by atoms with E-state index in [-0.39, 0.29) is 31.1 Å². The largest absolute Gasteiger partial charge is 0.462 e. The van der Waals surface area contributed by atoms with Gasteiger partial charge in [0, 0.05) is 19.3 Å². The lowest BCUT2D eigenvalue weighted by atomic mass is 10.0. The van der Waals surface area contributed by atoms with Crippen molar-refractivity contribution in [3.63, 3.8) is 0 Å². The molecule has 0 fully saturated rings. The molecular weight excluding hydrogens is 925 g/mol. The Bertz CT molecular complexity index is 1170. The molecule has 6 heteroatoms. The molecule has 0 saturated carbocycles. The maximum Gasteiger partial charge on any atom is 0.306 e. The zero-order valence-corrected chi connectivity index (χ0v) is 51.1. The van der Waals surface area contributed by atoms with Gasteiger partial charge in [-0.3, -0.25) is 14.4 Å². The van der Waals surface area contributed by atoms with E-state index in [4.69, 9.17) is 14.2 Å². The molecule has 0 bridgehead atoms. The van der Waals surface area contributed by atoms with Crippen LogP contribution in [0.15, 0.2) is 12.2 Å². The van der Waals surface area contributed by atoms with E-state index in [2.05, 4.69) is 32.9 Å². The Kier molecular flexibility index (Phi) is 63.1. The highest BCUT2D eigenvalue weighted by Crippen LogP contribution is 2.19. The normalized spacial score (nSPS) is 12.0. The van der Waals surface area contributed by atoms with Crippen LogP contribution in [0.4, 0.5) is 0 Å². The summed E-state index contributed by atoms with van der Waals surface area (Å²) in [5.74, 6) is -0.851. The third kappa shape index (κ3) is 62.9. The predicted molar refractivity (Wildman–Crippen MR) is 326 cm³/mol. The number of allylic oxidation sites excluding steroid dienone is 2. The lowest BCUT2D eigenvalue weighted by molar-refractivity contribution is -0.167. The van der Waals surface area contributed by atoms with Gasteiger partial charge in [-0.25, -0.2) is 0 Å². The second-order valence-electron chi connectivity index (χ2n) is 23.5. The van der Waals surface area contributed by atoms with Crippen LogP contribution in [0, 0.1) is 0 Å². The van der Waals surface area contributed by atoms with Gasteiger partial charge in [0.15, 0.2) is 6.10 Å². The summed E-state index contributed by atoms with van der Waals surface area (Å²) < 4.78 is 16.9. The van der Waals surface area contributed by atoms with Crippen molar-refractivity contribution < 1.29 is 28.6 Å². The maximum atomic E-state index is 12.8. The highest BCUT2D eigenvalue weighted by atomic mass is 16.6. The fraction of sp³-hybridized carbons (Fsp3) is 0.928. The van der Waals surface area contributed by atoms with Crippen LogP contribution < -0.4 is 0 Å². The van der Waals surface area contributed by atoms with E-state index < -0.39 is 6.10 Å². The Morgan fingerprint density at radius 3 is 0.667 bits per heavy atom. The molecule has 1 atom stereocenters. The highest BCUT2D eigenvalue weighted by Gasteiger charge is 2.19. The van der Waals surface area contributed by atoms with Crippen LogP contribution in [-0.2, 0) is 28.6 Å². The van der Waals surface area contributed by atoms with Crippen LogP contribution in [0.1, 0.15) is 393 Å². The lowest BCUT2D eigenvalue weighted by Crippen LogP contribution is -2.30. The van der Waals surface area contributed by atoms with Crippen molar-refractivity contribution in [1.29, 1.82) is 0 Å². The van der Waals surface area contributed by atoms with E-state index in [1.807, 2.05) is 0 Å². The number of hydrogen-bond donors (Lipinski definition) is 0. The number of carbonyl (C=O) groups is 3. The summed E-state index contributed by atoms with van der Waals surface area (Å²) in [4.78, 5) is 38.1. The Balaban J connectivity index is 3.95. The summed E-state index contributed by atoms with van der Waals surface area (Å²) in [6, 6.07) is 0. The highest BCUT2D eigenvalue weighted by molar-refractivity contribution is 5.71. The minimum Gasteiger partial charge on any atom is -0.462 e. The van der Waals surface area contributed by atoms with Crippen molar-refractivity contribution in [2.45, 2.75) is 399 Å². The molecule has 1 unspecified atom stereocenters. The molecule has 0 radical (unpaired) electrons. The third-order valence-corrected chi connectivity index (χ3v) is 15.8. The third-order valence-electron chi connectivity index (χ3n) is 15.8. The summed E-state index contributed by atoms with van der Waals surface area (Å²) in [6.07, 6.45) is 77.1. The van der Waals surface area contributed by atoms with E-state index in [1.165, 1.54) is 295 Å². The first-order chi connectivity index (χ1) is 37.0. The van der Waals surface area contributed by atoms with Gasteiger partial charge < -0.3 is 14.2 Å². The molecule has 444 valence electrons. The summed E-state index contributed by atoms with van der Waals surface area (Å²) in [5.41, 5.74) is 0. The molecule has 0 aliphatic heterocycles. The summed E-state index contributed by atoms with van der Waals surface area (Å²) in [5, 5.41) is 0. The van der Waals surface area contributed by atoms with Crippen molar-refractivity contribution in [2.75, 3.05) is 13.2 Å². The van der Waals surface area contributed by atoms with Crippen LogP contribution in [0.25, 0.3) is 0 Å². The molecule has 0 aromatic heterocycles. The van der Waals surface area contributed by atoms with Crippen molar-refractivity contribution >= 4 is 17.9 Å². The van der Waals surface area contributed by atoms with Gasteiger partial charge in [-0.2, -0.15) is 0 Å². The van der Waals surface area contributed by atoms with Crippen molar-refractivity contribution in [3.05, 3.63) is 12.2 Å². The van der Waals surface area contributed by atoms with Crippen LogP contribution in [0.2, 0.25) is 0 Å². The van der Waals surface area contributed by atoms with E-state index in [0.717, 1.165) is 57.8 Å². The molecule has 0 aliphatic carbocycles. The van der Waals surface area contributed by atoms with Crippen LogP contribution in [0.5, 0.6) is 0 Å². The number of ether oxygens (including phenoxy) is 3. The molecular formula is C69H132O6. The van der Waals surface area contributed by atoms with Gasteiger partial charge in [0.05, 0.1) is 0 Å². The van der Waals surface area contributed by atoms with Crippen molar-refractivity contribution in [1.82, 2.24) is 0 Å². The number of esters is 3. The standard InChI is InChI=1S/C69H132O6/c1-4-7-10-13-16-18-20-22-24-26-28-29-30-31-32-33-34-35-36-37-38-39-40-41-43-44-46-48-50-53-56-59-62-68(71)74-65-66(64-73-67(70)61-58-55-52-15-12-9-6-3)75-69(72)63-60-57-54-51-49-47-45-42-27-25-23-21-19-17-14-11-8-5-2/h25,27,66H,4-24,26,28-65H2,1-3H3/b27-25-. The van der Waals surface area contributed by atoms with Crippen LogP contribution >= 0.6 is 0 Å². The lowest BCUT2D eigenvalue weighted by Gasteiger charge is -2.18. The molecule has 75 heavy (non-hydrogen) atoms. The van der Waals surface area contributed by atoms with Gasteiger partial charge in [-0.05, 0) is 44.9 Å². The summed E-state index contributed by atoms with van der Waals surface area (Å²) in [6.45, 7) is 6.66. The summed E-state index contributed by atoms with van der Waals surface area (Å²) >= 11 is 0. The second kappa shape index (κ2) is 64.7. The zero-order valence-electron chi connectivity index (χ0n) is 51.1. The van der Waals surface area contributed by atoms with Crippen molar-refractivity contribution in [2.24, 2.45) is 0 Å². The average molecular weight is 1060 g/mol. The molecule has 0 aromatic rings. The quantitative estimate of drug-likeness (QED) is 0.0261. The first kappa shape index (κ1) is 73.2. The second-order valence-corrected chi connectivity index (χ2v) is 23.5. The van der Waals surface area contributed by atoms with E-state index in [9.17, 15) is 14.4 Å². The number of rotatable bonds is 64. The van der Waals surface area contributed by atoms with Gasteiger partial charge in [-0.1, -0.05) is 341 Å².